The number of nitrogens with one attached hydrogen (secondary N) is 1. The lowest BCUT2D eigenvalue weighted by Crippen LogP contribution is -2.43. The van der Waals surface area contributed by atoms with Gasteiger partial charge in [0.1, 0.15) is 0 Å². The van der Waals surface area contributed by atoms with Gasteiger partial charge in [0.05, 0.1) is 0 Å². The van der Waals surface area contributed by atoms with Crippen LogP contribution in [-0.4, -0.2) is 5.54 Å². The summed E-state index contributed by atoms with van der Waals surface area (Å²) in [5, 5.41) is 3.86. The molecule has 0 spiro atoms. The zero-order chi connectivity index (χ0) is 15.5. The van der Waals surface area contributed by atoms with Crippen molar-refractivity contribution in [2.45, 2.75) is 83.7 Å². The molecule has 2 aliphatic carbocycles. The summed E-state index contributed by atoms with van der Waals surface area (Å²) in [5.74, 6) is 0. The first-order valence-electron chi connectivity index (χ1n) is 8.49. The third-order valence-corrected chi connectivity index (χ3v) is 5.52. The molecule has 3 rings (SSSR count). The van der Waals surface area contributed by atoms with Crippen molar-refractivity contribution in [2.24, 2.45) is 5.41 Å². The standard InChI is InChI=1S/C20H31N/c1-17(2,3)19(10-11-19)15-8-7-9-16(14-15)20(12-13-20)21-18(4,5)6/h7-9,14,21H,10-13H2,1-6H3. The molecule has 2 aliphatic rings. The fraction of sp³-hybridized carbons (Fsp3) is 0.700. The molecule has 0 saturated heterocycles. The minimum atomic E-state index is 0.174. The highest BCUT2D eigenvalue weighted by atomic mass is 15.1. The van der Waals surface area contributed by atoms with Crippen LogP contribution in [0, 0.1) is 5.41 Å². The molecule has 1 aromatic carbocycles. The summed E-state index contributed by atoms with van der Waals surface area (Å²) in [6.45, 7) is 14.0. The summed E-state index contributed by atoms with van der Waals surface area (Å²) < 4.78 is 0. The number of benzene rings is 1. The second-order valence-electron chi connectivity index (χ2n) is 9.37. The van der Waals surface area contributed by atoms with Crippen LogP contribution >= 0.6 is 0 Å². The molecule has 0 atom stereocenters. The molecule has 0 aliphatic heterocycles. The largest absolute Gasteiger partial charge is 0.303 e. The van der Waals surface area contributed by atoms with E-state index in [1.165, 1.54) is 31.2 Å². The fourth-order valence-corrected chi connectivity index (χ4v) is 4.04. The van der Waals surface area contributed by atoms with E-state index in [4.69, 9.17) is 0 Å². The van der Waals surface area contributed by atoms with Crippen molar-refractivity contribution in [2.75, 3.05) is 0 Å². The fourth-order valence-electron chi connectivity index (χ4n) is 4.04. The first-order valence-corrected chi connectivity index (χ1v) is 8.49. The lowest BCUT2D eigenvalue weighted by atomic mass is 9.73. The van der Waals surface area contributed by atoms with E-state index in [0.717, 1.165) is 0 Å². The van der Waals surface area contributed by atoms with E-state index in [1.807, 2.05) is 0 Å². The molecule has 0 radical (unpaired) electrons. The lowest BCUT2D eigenvalue weighted by molar-refractivity contribution is 0.298. The summed E-state index contributed by atoms with van der Waals surface area (Å²) in [6.07, 6.45) is 5.24. The van der Waals surface area contributed by atoms with E-state index < -0.39 is 0 Å². The van der Waals surface area contributed by atoms with Crippen LogP contribution in [0.4, 0.5) is 0 Å². The summed E-state index contributed by atoms with van der Waals surface area (Å²) in [5.41, 5.74) is 4.26. The van der Waals surface area contributed by atoms with Crippen LogP contribution in [0.3, 0.4) is 0 Å². The summed E-state index contributed by atoms with van der Waals surface area (Å²) >= 11 is 0. The molecule has 0 amide bonds. The molecule has 1 heteroatoms. The van der Waals surface area contributed by atoms with Crippen LogP contribution in [0.2, 0.25) is 0 Å². The molecule has 1 nitrogen and oxygen atoms in total. The third-order valence-electron chi connectivity index (χ3n) is 5.52. The van der Waals surface area contributed by atoms with Gasteiger partial charge < -0.3 is 5.32 Å². The Morgan fingerprint density at radius 3 is 1.86 bits per heavy atom. The Morgan fingerprint density at radius 1 is 0.857 bits per heavy atom. The maximum absolute atomic E-state index is 3.86. The second kappa shape index (κ2) is 4.35. The van der Waals surface area contributed by atoms with Crippen molar-refractivity contribution >= 4 is 0 Å². The van der Waals surface area contributed by atoms with Gasteiger partial charge in [-0.25, -0.2) is 0 Å². The van der Waals surface area contributed by atoms with Crippen molar-refractivity contribution in [3.63, 3.8) is 0 Å². The Balaban J connectivity index is 1.92. The molecular weight excluding hydrogens is 254 g/mol. The summed E-state index contributed by atoms with van der Waals surface area (Å²) in [6, 6.07) is 9.47. The van der Waals surface area contributed by atoms with Crippen LogP contribution in [0.25, 0.3) is 0 Å². The third kappa shape index (κ3) is 2.65. The maximum Gasteiger partial charge on any atom is 0.0440 e. The van der Waals surface area contributed by atoms with Gasteiger partial charge in [0.2, 0.25) is 0 Å². The van der Waals surface area contributed by atoms with Crippen molar-refractivity contribution in [1.82, 2.24) is 5.32 Å². The molecular formula is C20H31N. The molecule has 0 bridgehead atoms. The number of hydrogen-bond acceptors (Lipinski definition) is 1. The van der Waals surface area contributed by atoms with Gasteiger partial charge in [-0.05, 0) is 63.0 Å². The van der Waals surface area contributed by atoms with Crippen LogP contribution in [0.15, 0.2) is 24.3 Å². The van der Waals surface area contributed by atoms with Gasteiger partial charge in [0.25, 0.3) is 0 Å². The van der Waals surface area contributed by atoms with E-state index >= 15 is 0 Å². The highest BCUT2D eigenvalue weighted by Gasteiger charge is 2.54. The first-order chi connectivity index (χ1) is 9.58. The van der Waals surface area contributed by atoms with Gasteiger partial charge in [-0.1, -0.05) is 45.0 Å². The first kappa shape index (κ1) is 15.1. The van der Waals surface area contributed by atoms with E-state index in [-0.39, 0.29) is 11.1 Å². The lowest BCUT2D eigenvalue weighted by Gasteiger charge is -2.33. The summed E-state index contributed by atoms with van der Waals surface area (Å²) in [4.78, 5) is 0. The molecule has 2 saturated carbocycles. The van der Waals surface area contributed by atoms with Crippen LogP contribution < -0.4 is 5.32 Å². The van der Waals surface area contributed by atoms with Gasteiger partial charge in [-0.15, -0.1) is 0 Å². The van der Waals surface area contributed by atoms with Gasteiger partial charge in [0, 0.05) is 16.5 Å². The molecule has 1 N–H and O–H groups in total. The van der Waals surface area contributed by atoms with Gasteiger partial charge in [-0.2, -0.15) is 0 Å². The predicted molar refractivity (Wildman–Crippen MR) is 90.6 cm³/mol. The number of hydrogen-bond donors (Lipinski definition) is 1. The van der Waals surface area contributed by atoms with Gasteiger partial charge in [-0.3, -0.25) is 0 Å². The van der Waals surface area contributed by atoms with Gasteiger partial charge >= 0.3 is 0 Å². The summed E-state index contributed by atoms with van der Waals surface area (Å²) in [7, 11) is 0. The smallest absolute Gasteiger partial charge is 0.0440 e. The Kier molecular flexibility index (Phi) is 3.12. The zero-order valence-corrected chi connectivity index (χ0v) is 14.6. The Hall–Kier alpha value is -0.820. The molecule has 0 heterocycles. The van der Waals surface area contributed by atoms with Crippen molar-refractivity contribution in [3.8, 4) is 0 Å². The van der Waals surface area contributed by atoms with Gasteiger partial charge in [0.15, 0.2) is 0 Å². The van der Waals surface area contributed by atoms with E-state index in [1.54, 1.807) is 5.56 Å². The second-order valence-corrected chi connectivity index (χ2v) is 9.37. The monoisotopic (exact) mass is 285 g/mol. The highest BCUT2D eigenvalue weighted by Crippen LogP contribution is 2.60. The average molecular weight is 285 g/mol. The molecule has 0 unspecified atom stereocenters. The molecule has 21 heavy (non-hydrogen) atoms. The minimum Gasteiger partial charge on any atom is -0.303 e. The maximum atomic E-state index is 3.86. The van der Waals surface area contributed by atoms with E-state index in [0.29, 0.717) is 10.8 Å². The van der Waals surface area contributed by atoms with E-state index in [2.05, 4.69) is 71.1 Å². The average Bonchev–Trinajstić information content (AvgIpc) is 3.21. The Labute approximate surface area is 130 Å². The molecule has 0 aromatic heterocycles. The molecule has 116 valence electrons. The molecule has 1 aromatic rings. The van der Waals surface area contributed by atoms with Crippen LogP contribution in [-0.2, 0) is 11.0 Å². The Bertz CT molecular complexity index is 534. The topological polar surface area (TPSA) is 12.0 Å². The van der Waals surface area contributed by atoms with Crippen molar-refractivity contribution < 1.29 is 0 Å². The molecule has 2 fully saturated rings. The predicted octanol–water partition coefficient (Wildman–Crippen LogP) is 5.14. The van der Waals surface area contributed by atoms with E-state index in [9.17, 15) is 0 Å². The highest BCUT2D eigenvalue weighted by molar-refractivity contribution is 5.41. The Morgan fingerprint density at radius 2 is 1.43 bits per heavy atom. The zero-order valence-electron chi connectivity index (χ0n) is 14.6. The quantitative estimate of drug-likeness (QED) is 0.810. The minimum absolute atomic E-state index is 0.174. The van der Waals surface area contributed by atoms with Crippen molar-refractivity contribution in [1.29, 1.82) is 0 Å². The normalized spacial score (nSPS) is 23.0. The van der Waals surface area contributed by atoms with Crippen LogP contribution in [0.1, 0.15) is 78.4 Å². The SMILES string of the molecule is CC(C)(C)NC1(c2cccc(C3(C(C)(C)C)CC3)c2)CC1. The number of rotatable bonds is 3. The van der Waals surface area contributed by atoms with Crippen LogP contribution in [0.5, 0.6) is 0 Å². The van der Waals surface area contributed by atoms with Crippen molar-refractivity contribution in [3.05, 3.63) is 35.4 Å².